The lowest BCUT2D eigenvalue weighted by Gasteiger charge is -2.58. The Morgan fingerprint density at radius 3 is 2.76 bits per heavy atom. The molecule has 3 heteroatoms. The van der Waals surface area contributed by atoms with E-state index in [4.69, 9.17) is 10.2 Å². The predicted molar refractivity (Wildman–Crippen MR) is 118 cm³/mol. The second kappa shape index (κ2) is 6.28. The fourth-order valence-electron chi connectivity index (χ4n) is 9.57. The standard InChI is InChI=1S/C26H38N2O/c1-15-24-20(18-5-4-6-23(18)28-27-15)14-22-19-8-7-16-13-17(29)9-11-25(16,2)21(19)10-12-26(22,24)3/h7,17-22,24,29H,4-6,8-14H2,1-3H3/t17-,18?,19+,20-,21-,22-,24-,25-,26-/m0/s1. The number of aliphatic hydroxyl groups excluding tert-OH is 1. The normalized spacial score (nSPS) is 53.4. The van der Waals surface area contributed by atoms with Crippen LogP contribution in [0, 0.1) is 46.3 Å². The molecule has 0 aromatic carbocycles. The van der Waals surface area contributed by atoms with Gasteiger partial charge in [0, 0.05) is 23.3 Å². The lowest BCUT2D eigenvalue weighted by molar-refractivity contribution is -0.0425. The van der Waals surface area contributed by atoms with Crippen LogP contribution in [0.4, 0.5) is 0 Å². The van der Waals surface area contributed by atoms with E-state index in [0.717, 1.165) is 36.5 Å². The van der Waals surface area contributed by atoms with Crippen LogP contribution in [0.15, 0.2) is 21.9 Å². The molecule has 0 bridgehead atoms. The molecular weight excluding hydrogens is 356 g/mol. The number of hydrogen-bond donors (Lipinski definition) is 1. The average Bonchev–Trinajstić information content (AvgIpc) is 3.24. The predicted octanol–water partition coefficient (Wildman–Crippen LogP) is 5.78. The van der Waals surface area contributed by atoms with E-state index in [-0.39, 0.29) is 6.10 Å². The molecule has 0 aromatic heterocycles. The van der Waals surface area contributed by atoms with Crippen LogP contribution in [-0.4, -0.2) is 22.6 Å². The highest BCUT2D eigenvalue weighted by molar-refractivity contribution is 5.94. The molecule has 3 nitrogen and oxygen atoms in total. The van der Waals surface area contributed by atoms with Crippen LogP contribution in [0.1, 0.15) is 85.0 Å². The number of fused-ring (bicyclic) bond motifs is 9. The van der Waals surface area contributed by atoms with Crippen LogP contribution in [0.25, 0.3) is 0 Å². The number of hydrogen-bond acceptors (Lipinski definition) is 3. The molecule has 1 unspecified atom stereocenters. The summed E-state index contributed by atoms with van der Waals surface area (Å²) in [6.45, 7) is 7.46. The monoisotopic (exact) mass is 394 g/mol. The van der Waals surface area contributed by atoms with E-state index in [1.54, 1.807) is 5.57 Å². The summed E-state index contributed by atoms with van der Waals surface area (Å²) in [5.41, 5.74) is 5.10. The minimum absolute atomic E-state index is 0.100. The third-order valence-electron chi connectivity index (χ3n) is 10.9. The third kappa shape index (κ3) is 2.46. The lowest BCUT2D eigenvalue weighted by atomic mass is 9.47. The zero-order valence-corrected chi connectivity index (χ0v) is 18.5. The minimum Gasteiger partial charge on any atom is -0.393 e. The smallest absolute Gasteiger partial charge is 0.0577 e. The summed E-state index contributed by atoms with van der Waals surface area (Å²) in [4.78, 5) is 0. The van der Waals surface area contributed by atoms with Crippen LogP contribution in [0.3, 0.4) is 0 Å². The molecule has 0 saturated heterocycles. The minimum atomic E-state index is -0.100. The Balaban J connectivity index is 1.37. The summed E-state index contributed by atoms with van der Waals surface area (Å²) in [6.07, 6.45) is 14.8. The maximum Gasteiger partial charge on any atom is 0.0577 e. The van der Waals surface area contributed by atoms with Crippen molar-refractivity contribution in [2.75, 3.05) is 0 Å². The lowest BCUT2D eigenvalue weighted by Crippen LogP contribution is -2.51. The Morgan fingerprint density at radius 1 is 1.03 bits per heavy atom. The maximum atomic E-state index is 10.3. The molecule has 158 valence electrons. The molecule has 5 aliphatic carbocycles. The van der Waals surface area contributed by atoms with E-state index in [1.807, 2.05) is 0 Å². The van der Waals surface area contributed by atoms with Gasteiger partial charge in [0.1, 0.15) is 0 Å². The SMILES string of the molecule is CC1=NN=C2CCCC2[C@@H]2C[C@H]3[C@@H]4CC=C5C[C@@H](O)CC[C@]5(C)[C@H]4CC[C@]3(C)[C@@H]12. The molecule has 4 saturated carbocycles. The van der Waals surface area contributed by atoms with Crippen molar-refractivity contribution in [1.82, 2.24) is 0 Å². The Hall–Kier alpha value is -0.960. The highest BCUT2D eigenvalue weighted by atomic mass is 16.3. The van der Waals surface area contributed by atoms with Crippen molar-refractivity contribution < 1.29 is 5.11 Å². The quantitative estimate of drug-likeness (QED) is 0.520. The van der Waals surface area contributed by atoms with Gasteiger partial charge in [0.15, 0.2) is 0 Å². The van der Waals surface area contributed by atoms with Gasteiger partial charge < -0.3 is 5.11 Å². The van der Waals surface area contributed by atoms with Gasteiger partial charge in [-0.05, 0) is 106 Å². The van der Waals surface area contributed by atoms with Crippen LogP contribution in [0.2, 0.25) is 0 Å². The fraction of sp³-hybridized carbons (Fsp3) is 0.846. The number of allylic oxidation sites excluding steroid dienone is 1. The van der Waals surface area contributed by atoms with Gasteiger partial charge in [0.25, 0.3) is 0 Å². The summed E-state index contributed by atoms with van der Waals surface area (Å²) in [6, 6.07) is 0. The highest BCUT2D eigenvalue weighted by Gasteiger charge is 2.63. The summed E-state index contributed by atoms with van der Waals surface area (Å²) < 4.78 is 0. The van der Waals surface area contributed by atoms with Gasteiger partial charge in [0.05, 0.1) is 6.10 Å². The zero-order chi connectivity index (χ0) is 20.0. The van der Waals surface area contributed by atoms with Crippen molar-refractivity contribution in [3.63, 3.8) is 0 Å². The third-order valence-corrected chi connectivity index (χ3v) is 10.9. The summed E-state index contributed by atoms with van der Waals surface area (Å²) in [5, 5.41) is 19.8. The average molecular weight is 395 g/mol. The van der Waals surface area contributed by atoms with Crippen molar-refractivity contribution in [2.45, 2.75) is 91.1 Å². The second-order valence-corrected chi connectivity index (χ2v) is 11.9. The Kier molecular flexibility index (Phi) is 4.07. The van der Waals surface area contributed by atoms with E-state index in [0.29, 0.717) is 22.7 Å². The van der Waals surface area contributed by atoms with E-state index in [1.165, 1.54) is 62.8 Å². The van der Waals surface area contributed by atoms with Gasteiger partial charge >= 0.3 is 0 Å². The molecule has 6 rings (SSSR count). The molecular formula is C26H38N2O. The van der Waals surface area contributed by atoms with Crippen molar-refractivity contribution in [3.05, 3.63) is 11.6 Å². The van der Waals surface area contributed by atoms with Crippen molar-refractivity contribution in [3.8, 4) is 0 Å². The summed E-state index contributed by atoms with van der Waals surface area (Å²) in [7, 11) is 0. The van der Waals surface area contributed by atoms with Crippen molar-refractivity contribution in [2.24, 2.45) is 56.5 Å². The van der Waals surface area contributed by atoms with Crippen molar-refractivity contribution >= 4 is 11.4 Å². The van der Waals surface area contributed by atoms with Gasteiger partial charge in [0.2, 0.25) is 0 Å². The molecule has 4 fully saturated rings. The number of nitrogens with zero attached hydrogens (tertiary/aromatic N) is 2. The highest BCUT2D eigenvalue weighted by Crippen LogP contribution is 2.69. The van der Waals surface area contributed by atoms with Crippen molar-refractivity contribution in [1.29, 1.82) is 0 Å². The zero-order valence-electron chi connectivity index (χ0n) is 18.5. The first-order chi connectivity index (χ1) is 13.9. The molecule has 1 heterocycles. The molecule has 29 heavy (non-hydrogen) atoms. The van der Waals surface area contributed by atoms with Gasteiger partial charge in [-0.3, -0.25) is 0 Å². The Bertz CT molecular complexity index is 812. The fourth-order valence-corrected chi connectivity index (χ4v) is 9.57. The van der Waals surface area contributed by atoms with Gasteiger partial charge in [-0.1, -0.05) is 25.5 Å². The number of rotatable bonds is 0. The van der Waals surface area contributed by atoms with Crippen LogP contribution in [0.5, 0.6) is 0 Å². The Labute approximate surface area is 176 Å². The molecule has 0 aromatic rings. The largest absolute Gasteiger partial charge is 0.393 e. The van der Waals surface area contributed by atoms with E-state index < -0.39 is 0 Å². The van der Waals surface area contributed by atoms with Gasteiger partial charge in [-0.2, -0.15) is 10.2 Å². The van der Waals surface area contributed by atoms with Crippen LogP contribution in [-0.2, 0) is 0 Å². The molecule has 0 amide bonds. The van der Waals surface area contributed by atoms with Crippen LogP contribution >= 0.6 is 0 Å². The molecule has 1 aliphatic heterocycles. The first-order valence-corrected chi connectivity index (χ1v) is 12.4. The van der Waals surface area contributed by atoms with E-state index >= 15 is 0 Å². The molecule has 1 N–H and O–H groups in total. The maximum absolute atomic E-state index is 10.3. The molecule has 9 atom stereocenters. The van der Waals surface area contributed by atoms with Crippen LogP contribution < -0.4 is 0 Å². The van der Waals surface area contributed by atoms with E-state index in [9.17, 15) is 5.11 Å². The molecule has 0 spiro atoms. The topological polar surface area (TPSA) is 45.0 Å². The first-order valence-electron chi connectivity index (χ1n) is 12.4. The molecule has 6 aliphatic rings. The summed E-state index contributed by atoms with van der Waals surface area (Å²) in [5.74, 6) is 4.62. The van der Waals surface area contributed by atoms with E-state index in [2.05, 4.69) is 26.8 Å². The van der Waals surface area contributed by atoms with Gasteiger partial charge in [-0.25, -0.2) is 0 Å². The number of aliphatic hydroxyl groups is 1. The second-order valence-electron chi connectivity index (χ2n) is 11.9. The summed E-state index contributed by atoms with van der Waals surface area (Å²) >= 11 is 0. The Morgan fingerprint density at radius 2 is 1.90 bits per heavy atom. The van der Waals surface area contributed by atoms with Gasteiger partial charge in [-0.15, -0.1) is 0 Å². The molecule has 0 radical (unpaired) electrons. The first kappa shape index (κ1) is 18.8.